The first-order valence-corrected chi connectivity index (χ1v) is 5.30. The van der Waals surface area contributed by atoms with E-state index in [1.165, 1.54) is 12.8 Å². The lowest BCUT2D eigenvalue weighted by Crippen LogP contribution is -2.17. The molecule has 0 aliphatic heterocycles. The third-order valence-electron chi connectivity index (χ3n) is 3.38. The first-order valence-electron chi connectivity index (χ1n) is 5.30. The Kier molecular flexibility index (Phi) is 2.09. The molecule has 0 aromatic rings. The fourth-order valence-corrected chi connectivity index (χ4v) is 2.12. The monoisotopic (exact) mass is 182 g/mol. The highest BCUT2D eigenvalue weighted by atomic mass is 16.5. The largest absolute Gasteiger partial charge is 0.462 e. The number of hydrogen-bond acceptors (Lipinski definition) is 2. The fraction of sp³-hybridized carbons (Fsp3) is 0.909. The molecule has 0 N–H and O–H groups in total. The highest BCUT2D eigenvalue weighted by Gasteiger charge is 2.52. The summed E-state index contributed by atoms with van der Waals surface area (Å²) in [6.07, 6.45) is 5.87. The Labute approximate surface area is 79.7 Å². The Morgan fingerprint density at radius 3 is 2.31 bits per heavy atom. The molecular weight excluding hydrogens is 164 g/mol. The number of carbonyl (C=O) groups excluding carboxylic acids is 1. The van der Waals surface area contributed by atoms with Crippen molar-refractivity contribution in [3.05, 3.63) is 0 Å². The maximum Gasteiger partial charge on any atom is 0.309 e. The van der Waals surface area contributed by atoms with Gasteiger partial charge in [0.15, 0.2) is 0 Å². The second-order valence-electron chi connectivity index (χ2n) is 5.09. The Hall–Kier alpha value is -0.530. The molecule has 0 aromatic carbocycles. The van der Waals surface area contributed by atoms with Crippen molar-refractivity contribution in [1.29, 1.82) is 0 Å². The van der Waals surface area contributed by atoms with Crippen molar-refractivity contribution in [3.8, 4) is 0 Å². The number of esters is 1. The molecule has 2 nitrogen and oxygen atoms in total. The highest BCUT2D eigenvalue weighted by molar-refractivity contribution is 5.76. The normalized spacial score (nSPS) is 31.7. The zero-order valence-electron chi connectivity index (χ0n) is 8.51. The minimum atomic E-state index is 0.0527. The van der Waals surface area contributed by atoms with Gasteiger partial charge in [-0.25, -0.2) is 0 Å². The quantitative estimate of drug-likeness (QED) is 0.613. The number of carbonyl (C=O) groups is 1. The van der Waals surface area contributed by atoms with Crippen LogP contribution in [0.2, 0.25) is 0 Å². The van der Waals surface area contributed by atoms with Gasteiger partial charge < -0.3 is 4.74 Å². The predicted octanol–water partition coefficient (Wildman–Crippen LogP) is 2.52. The molecule has 2 heteroatoms. The minimum absolute atomic E-state index is 0.0527. The van der Waals surface area contributed by atoms with Crippen molar-refractivity contribution >= 4 is 5.97 Å². The van der Waals surface area contributed by atoms with Gasteiger partial charge in [-0.2, -0.15) is 0 Å². The minimum Gasteiger partial charge on any atom is -0.462 e. The van der Waals surface area contributed by atoms with Crippen LogP contribution in [0.3, 0.4) is 0 Å². The van der Waals surface area contributed by atoms with Crippen LogP contribution in [0.15, 0.2) is 0 Å². The number of hydrogen-bond donors (Lipinski definition) is 0. The van der Waals surface area contributed by atoms with E-state index in [-0.39, 0.29) is 23.4 Å². The van der Waals surface area contributed by atoms with E-state index in [0.717, 1.165) is 19.3 Å². The van der Waals surface area contributed by atoms with Crippen molar-refractivity contribution < 1.29 is 9.53 Å². The fourth-order valence-electron chi connectivity index (χ4n) is 2.12. The van der Waals surface area contributed by atoms with Crippen molar-refractivity contribution in [1.82, 2.24) is 0 Å². The van der Waals surface area contributed by atoms with Gasteiger partial charge in [-0.1, -0.05) is 13.8 Å². The maximum absolute atomic E-state index is 11.6. The van der Waals surface area contributed by atoms with Gasteiger partial charge in [-0.15, -0.1) is 0 Å². The molecule has 74 valence electrons. The third-order valence-corrected chi connectivity index (χ3v) is 3.38. The van der Waals surface area contributed by atoms with Crippen LogP contribution in [0.25, 0.3) is 0 Å². The highest BCUT2D eigenvalue weighted by Crippen LogP contribution is 2.52. The molecule has 2 aliphatic carbocycles. The van der Waals surface area contributed by atoms with Crippen molar-refractivity contribution in [2.75, 3.05) is 0 Å². The van der Waals surface area contributed by atoms with Crippen LogP contribution in [0.5, 0.6) is 0 Å². The van der Waals surface area contributed by atoms with Crippen LogP contribution < -0.4 is 0 Å². The molecule has 2 rings (SSSR count). The number of ether oxygens (including phenoxy) is 1. The van der Waals surface area contributed by atoms with Gasteiger partial charge in [0.25, 0.3) is 0 Å². The second kappa shape index (κ2) is 3.00. The van der Waals surface area contributed by atoms with Gasteiger partial charge in [-0.3, -0.25) is 4.79 Å². The predicted molar refractivity (Wildman–Crippen MR) is 50.2 cm³/mol. The van der Waals surface area contributed by atoms with Gasteiger partial charge in [0.2, 0.25) is 0 Å². The molecule has 2 fully saturated rings. The molecule has 0 amide bonds. The van der Waals surface area contributed by atoms with Crippen LogP contribution in [0, 0.1) is 11.3 Å². The Bertz CT molecular complexity index is 214. The van der Waals surface area contributed by atoms with Gasteiger partial charge in [-0.05, 0) is 37.5 Å². The van der Waals surface area contributed by atoms with E-state index in [9.17, 15) is 4.79 Å². The standard InChI is InChI=1S/C11H18O2/c1-11(2)7-9(11)10(12)13-8-5-3-4-6-8/h8-9H,3-7H2,1-2H3/t9-/m1/s1. The van der Waals surface area contributed by atoms with E-state index in [0.29, 0.717) is 0 Å². The summed E-state index contributed by atoms with van der Waals surface area (Å²) in [5.41, 5.74) is 0.218. The zero-order chi connectivity index (χ0) is 9.47. The molecule has 0 unspecified atom stereocenters. The second-order valence-corrected chi connectivity index (χ2v) is 5.09. The smallest absolute Gasteiger partial charge is 0.309 e. The van der Waals surface area contributed by atoms with E-state index in [1.807, 2.05) is 0 Å². The lowest BCUT2D eigenvalue weighted by Gasteiger charge is -2.11. The molecular formula is C11H18O2. The van der Waals surface area contributed by atoms with Crippen LogP contribution in [0.1, 0.15) is 46.0 Å². The maximum atomic E-state index is 11.6. The molecule has 2 saturated carbocycles. The topological polar surface area (TPSA) is 26.3 Å². The molecule has 0 radical (unpaired) electrons. The van der Waals surface area contributed by atoms with Crippen molar-refractivity contribution in [2.24, 2.45) is 11.3 Å². The van der Waals surface area contributed by atoms with E-state index < -0.39 is 0 Å². The third kappa shape index (κ3) is 1.87. The molecule has 0 bridgehead atoms. The zero-order valence-corrected chi connectivity index (χ0v) is 8.51. The molecule has 13 heavy (non-hydrogen) atoms. The Balaban J connectivity index is 1.79. The summed E-state index contributed by atoms with van der Waals surface area (Å²) in [5.74, 6) is 0.241. The lowest BCUT2D eigenvalue weighted by atomic mass is 10.1. The summed E-state index contributed by atoms with van der Waals surface area (Å²) in [6, 6.07) is 0. The molecule has 0 aromatic heterocycles. The average molecular weight is 182 g/mol. The Morgan fingerprint density at radius 2 is 1.85 bits per heavy atom. The first kappa shape index (κ1) is 9.04. The summed E-state index contributed by atoms with van der Waals surface area (Å²) in [4.78, 5) is 11.6. The average Bonchev–Trinajstić information content (AvgIpc) is 2.49. The van der Waals surface area contributed by atoms with Crippen molar-refractivity contribution in [3.63, 3.8) is 0 Å². The SMILES string of the molecule is CC1(C)C[C@@H]1C(=O)OC1CCCC1. The van der Waals surface area contributed by atoms with Gasteiger partial charge in [0, 0.05) is 0 Å². The summed E-state index contributed by atoms with van der Waals surface area (Å²) < 4.78 is 5.43. The van der Waals surface area contributed by atoms with Gasteiger partial charge in [0.1, 0.15) is 6.10 Å². The van der Waals surface area contributed by atoms with Crippen molar-refractivity contribution in [2.45, 2.75) is 52.1 Å². The molecule has 2 aliphatic rings. The lowest BCUT2D eigenvalue weighted by molar-refractivity contribution is -0.151. The van der Waals surface area contributed by atoms with E-state index in [2.05, 4.69) is 13.8 Å². The summed E-state index contributed by atoms with van der Waals surface area (Å²) in [5, 5.41) is 0. The molecule has 0 heterocycles. The van der Waals surface area contributed by atoms with Crippen LogP contribution >= 0.6 is 0 Å². The van der Waals surface area contributed by atoms with Gasteiger partial charge >= 0.3 is 5.97 Å². The van der Waals surface area contributed by atoms with E-state index in [1.54, 1.807) is 0 Å². The van der Waals surface area contributed by atoms with Crippen LogP contribution in [-0.4, -0.2) is 12.1 Å². The number of rotatable bonds is 2. The summed E-state index contributed by atoms with van der Waals surface area (Å²) in [7, 11) is 0. The van der Waals surface area contributed by atoms with Gasteiger partial charge in [0.05, 0.1) is 5.92 Å². The molecule has 1 atom stereocenters. The van der Waals surface area contributed by atoms with Crippen LogP contribution in [0.4, 0.5) is 0 Å². The Morgan fingerprint density at radius 1 is 1.31 bits per heavy atom. The first-order chi connectivity index (χ1) is 6.09. The van der Waals surface area contributed by atoms with E-state index in [4.69, 9.17) is 4.74 Å². The molecule has 0 saturated heterocycles. The summed E-state index contributed by atoms with van der Waals surface area (Å²) in [6.45, 7) is 4.27. The molecule has 0 spiro atoms. The van der Waals surface area contributed by atoms with E-state index >= 15 is 0 Å². The van der Waals surface area contributed by atoms with Crippen LogP contribution in [-0.2, 0) is 9.53 Å². The summed E-state index contributed by atoms with van der Waals surface area (Å²) >= 11 is 0.